The predicted molar refractivity (Wildman–Crippen MR) is 108 cm³/mol. The molecule has 7 heteroatoms. The van der Waals surface area contributed by atoms with Gasteiger partial charge in [0.15, 0.2) is 0 Å². The van der Waals surface area contributed by atoms with Crippen molar-refractivity contribution in [2.75, 3.05) is 58.3 Å². The van der Waals surface area contributed by atoms with Gasteiger partial charge in [-0.3, -0.25) is 9.59 Å². The highest BCUT2D eigenvalue weighted by molar-refractivity contribution is 5.91. The molecule has 0 aromatic heterocycles. The molecule has 0 aliphatic rings. The van der Waals surface area contributed by atoms with E-state index in [1.165, 1.54) is 7.11 Å². The van der Waals surface area contributed by atoms with Gasteiger partial charge in [-0.15, -0.1) is 0 Å². The number of amides is 2. The predicted octanol–water partition coefficient (Wildman–Crippen LogP) is 2.36. The number of methoxy groups -OCH3 is 2. The molecular weight excluding hydrogens is 346 g/mol. The first-order valence-electron chi connectivity index (χ1n) is 9.14. The van der Waals surface area contributed by atoms with Gasteiger partial charge >= 0.3 is 0 Å². The normalized spacial score (nSPS) is 10.8. The zero-order valence-corrected chi connectivity index (χ0v) is 17.4. The van der Waals surface area contributed by atoms with Crippen LogP contribution in [0.1, 0.15) is 25.8 Å². The molecule has 0 atom stereocenters. The van der Waals surface area contributed by atoms with Crippen molar-refractivity contribution >= 4 is 23.2 Å². The second-order valence-electron chi connectivity index (χ2n) is 7.13. The van der Waals surface area contributed by atoms with Crippen LogP contribution in [-0.2, 0) is 25.6 Å². The summed E-state index contributed by atoms with van der Waals surface area (Å²) in [6.45, 7) is 5.36. The molecule has 0 aliphatic carbocycles. The summed E-state index contributed by atoms with van der Waals surface area (Å²) in [4.78, 5) is 28.2. The van der Waals surface area contributed by atoms with E-state index in [2.05, 4.69) is 5.32 Å². The van der Waals surface area contributed by atoms with E-state index in [-0.39, 0.29) is 18.4 Å². The third-order valence-electron chi connectivity index (χ3n) is 3.99. The SMILES string of the molecule is COCCN(Cc1cc(NC(=O)CC(C)C)ccc1N(C)C)C(=O)COC. The molecule has 0 saturated carbocycles. The van der Waals surface area contributed by atoms with Gasteiger partial charge in [0.05, 0.1) is 6.61 Å². The largest absolute Gasteiger partial charge is 0.383 e. The highest BCUT2D eigenvalue weighted by atomic mass is 16.5. The number of nitrogens with one attached hydrogen (secondary N) is 1. The Balaban J connectivity index is 3.06. The molecule has 0 bridgehead atoms. The van der Waals surface area contributed by atoms with Gasteiger partial charge in [0, 0.05) is 59.2 Å². The van der Waals surface area contributed by atoms with Crippen LogP contribution in [0.2, 0.25) is 0 Å². The summed E-state index contributed by atoms with van der Waals surface area (Å²) in [5.74, 6) is 0.176. The zero-order valence-electron chi connectivity index (χ0n) is 17.4. The second kappa shape index (κ2) is 11.6. The Labute approximate surface area is 162 Å². The summed E-state index contributed by atoms with van der Waals surface area (Å²) in [5.41, 5.74) is 2.67. The smallest absolute Gasteiger partial charge is 0.248 e. The third kappa shape index (κ3) is 7.97. The molecular formula is C20H33N3O4. The fourth-order valence-electron chi connectivity index (χ4n) is 2.72. The molecule has 0 radical (unpaired) electrons. The lowest BCUT2D eigenvalue weighted by Crippen LogP contribution is -2.36. The van der Waals surface area contributed by atoms with Crippen LogP contribution in [0.5, 0.6) is 0 Å². The van der Waals surface area contributed by atoms with E-state index in [0.29, 0.717) is 32.0 Å². The highest BCUT2D eigenvalue weighted by Gasteiger charge is 2.17. The quantitative estimate of drug-likeness (QED) is 0.639. The van der Waals surface area contributed by atoms with Crippen molar-refractivity contribution < 1.29 is 19.1 Å². The topological polar surface area (TPSA) is 71.1 Å². The second-order valence-corrected chi connectivity index (χ2v) is 7.13. The summed E-state index contributed by atoms with van der Waals surface area (Å²) < 4.78 is 10.1. The Bertz CT molecular complexity index is 617. The number of carbonyl (C=O) groups is 2. The lowest BCUT2D eigenvalue weighted by Gasteiger charge is -2.26. The first-order valence-corrected chi connectivity index (χ1v) is 9.14. The summed E-state index contributed by atoms with van der Waals surface area (Å²) in [7, 11) is 7.01. The number of ether oxygens (including phenoxy) is 2. The maximum atomic E-state index is 12.4. The summed E-state index contributed by atoms with van der Waals surface area (Å²) in [6, 6.07) is 5.76. The van der Waals surface area contributed by atoms with Crippen LogP contribution in [0, 0.1) is 5.92 Å². The van der Waals surface area contributed by atoms with Crippen LogP contribution in [-0.4, -0.2) is 64.8 Å². The number of hydrogen-bond donors (Lipinski definition) is 1. The molecule has 0 saturated heterocycles. The van der Waals surface area contributed by atoms with Gasteiger partial charge in [-0.1, -0.05) is 13.8 Å². The first kappa shape index (κ1) is 22.9. The van der Waals surface area contributed by atoms with Gasteiger partial charge in [-0.2, -0.15) is 0 Å². The molecule has 0 aliphatic heterocycles. The number of nitrogens with zero attached hydrogens (tertiary/aromatic N) is 2. The van der Waals surface area contributed by atoms with Gasteiger partial charge in [0.2, 0.25) is 11.8 Å². The van der Waals surface area contributed by atoms with E-state index in [1.54, 1.807) is 12.0 Å². The Morgan fingerprint density at radius 1 is 1.15 bits per heavy atom. The molecule has 1 aromatic carbocycles. The maximum Gasteiger partial charge on any atom is 0.248 e. The van der Waals surface area contributed by atoms with E-state index in [9.17, 15) is 9.59 Å². The lowest BCUT2D eigenvalue weighted by atomic mass is 10.1. The maximum absolute atomic E-state index is 12.4. The molecule has 2 amide bonds. The van der Waals surface area contributed by atoms with Gasteiger partial charge in [-0.05, 0) is 29.7 Å². The number of carbonyl (C=O) groups excluding carboxylic acids is 2. The van der Waals surface area contributed by atoms with Crippen molar-refractivity contribution in [1.82, 2.24) is 4.90 Å². The zero-order chi connectivity index (χ0) is 20.4. The van der Waals surface area contributed by atoms with Gasteiger partial charge in [-0.25, -0.2) is 0 Å². The van der Waals surface area contributed by atoms with Gasteiger partial charge < -0.3 is 24.6 Å². The molecule has 1 N–H and O–H groups in total. The number of benzene rings is 1. The number of hydrogen-bond acceptors (Lipinski definition) is 5. The molecule has 7 nitrogen and oxygen atoms in total. The van der Waals surface area contributed by atoms with Crippen molar-refractivity contribution in [3.05, 3.63) is 23.8 Å². The van der Waals surface area contributed by atoms with Crippen molar-refractivity contribution in [3.8, 4) is 0 Å². The number of anilines is 2. The summed E-state index contributed by atoms with van der Waals surface area (Å²) in [5, 5.41) is 2.94. The first-order chi connectivity index (χ1) is 12.8. The Morgan fingerprint density at radius 3 is 2.41 bits per heavy atom. The average molecular weight is 380 g/mol. The van der Waals surface area contributed by atoms with E-state index in [4.69, 9.17) is 9.47 Å². The molecule has 1 aromatic rings. The average Bonchev–Trinajstić information content (AvgIpc) is 2.57. The summed E-state index contributed by atoms with van der Waals surface area (Å²) >= 11 is 0. The molecule has 1 rings (SSSR count). The van der Waals surface area contributed by atoms with Crippen LogP contribution in [0.25, 0.3) is 0 Å². The van der Waals surface area contributed by atoms with Crippen molar-refractivity contribution in [2.24, 2.45) is 5.92 Å². The van der Waals surface area contributed by atoms with Crippen molar-refractivity contribution in [1.29, 1.82) is 0 Å². The molecule has 0 unspecified atom stereocenters. The standard InChI is InChI=1S/C20H33N3O4/c1-15(2)11-19(24)21-17-7-8-18(22(3)4)16(12-17)13-23(9-10-26-5)20(25)14-27-6/h7-8,12,15H,9-11,13-14H2,1-6H3,(H,21,24). The van der Waals surface area contributed by atoms with E-state index < -0.39 is 0 Å². The minimum absolute atomic E-state index is 0.0137. The van der Waals surface area contributed by atoms with E-state index in [1.807, 2.05) is 51.0 Å². The van der Waals surface area contributed by atoms with E-state index >= 15 is 0 Å². The van der Waals surface area contributed by atoms with E-state index in [0.717, 1.165) is 16.9 Å². The molecule has 27 heavy (non-hydrogen) atoms. The fourth-order valence-corrected chi connectivity index (χ4v) is 2.72. The molecule has 0 spiro atoms. The van der Waals surface area contributed by atoms with Crippen LogP contribution < -0.4 is 10.2 Å². The third-order valence-corrected chi connectivity index (χ3v) is 3.99. The molecule has 0 fully saturated rings. The Morgan fingerprint density at radius 2 is 1.85 bits per heavy atom. The van der Waals surface area contributed by atoms with Crippen molar-refractivity contribution in [3.63, 3.8) is 0 Å². The number of rotatable bonds is 11. The van der Waals surface area contributed by atoms with Crippen LogP contribution in [0.4, 0.5) is 11.4 Å². The van der Waals surface area contributed by atoms with Gasteiger partial charge in [0.25, 0.3) is 0 Å². The minimum atomic E-state index is -0.103. The van der Waals surface area contributed by atoms with Gasteiger partial charge in [0.1, 0.15) is 6.61 Å². The Hall–Kier alpha value is -2.12. The van der Waals surface area contributed by atoms with Crippen LogP contribution >= 0.6 is 0 Å². The van der Waals surface area contributed by atoms with Crippen LogP contribution in [0.3, 0.4) is 0 Å². The summed E-state index contributed by atoms with van der Waals surface area (Å²) in [6.07, 6.45) is 0.469. The minimum Gasteiger partial charge on any atom is -0.383 e. The molecule has 0 heterocycles. The molecule has 152 valence electrons. The van der Waals surface area contributed by atoms with Crippen LogP contribution in [0.15, 0.2) is 18.2 Å². The van der Waals surface area contributed by atoms with Crippen molar-refractivity contribution in [2.45, 2.75) is 26.8 Å². The fraction of sp³-hybridized carbons (Fsp3) is 0.600. The Kier molecular flexibility index (Phi) is 9.82. The lowest BCUT2D eigenvalue weighted by molar-refractivity contribution is -0.136. The highest BCUT2D eigenvalue weighted by Crippen LogP contribution is 2.25. The monoisotopic (exact) mass is 379 g/mol.